The van der Waals surface area contributed by atoms with E-state index in [4.69, 9.17) is 18.9 Å². The Morgan fingerprint density at radius 2 is 1.73 bits per heavy atom. The highest BCUT2D eigenvalue weighted by atomic mass is 16.5. The van der Waals surface area contributed by atoms with Crippen LogP contribution in [0.4, 0.5) is 10.5 Å². The molecule has 2 aromatic carbocycles. The van der Waals surface area contributed by atoms with Crippen molar-refractivity contribution in [3.63, 3.8) is 0 Å². The van der Waals surface area contributed by atoms with Crippen LogP contribution in [0.1, 0.15) is 38.5 Å². The lowest BCUT2D eigenvalue weighted by Gasteiger charge is -2.21. The van der Waals surface area contributed by atoms with Crippen LogP contribution in [-0.2, 0) is 4.74 Å². The molecule has 1 amide bonds. The van der Waals surface area contributed by atoms with E-state index >= 15 is 0 Å². The van der Waals surface area contributed by atoms with Gasteiger partial charge in [-0.25, -0.2) is 14.8 Å². The second-order valence-corrected chi connectivity index (χ2v) is 8.08. The number of amides is 1. The fraction of sp³-hybridized carbons (Fsp3) is 0.400. The molecule has 8 nitrogen and oxygen atoms in total. The standard InChI is InChI=1S/C25H29N3O5/c1-30-22-14-20-21(15-23(22)31-2)26-16-27-24(20)33-19-10-8-18(9-11-19)28-25(29)32-13-12-17-6-4-3-5-7-17/h8-11,14-17H,3-7,12-13H2,1-2H3,(H,28,29). The van der Waals surface area contributed by atoms with Crippen molar-refractivity contribution in [3.05, 3.63) is 42.7 Å². The summed E-state index contributed by atoms with van der Waals surface area (Å²) in [5.74, 6) is 2.79. The van der Waals surface area contributed by atoms with E-state index in [1.807, 2.05) is 0 Å². The Labute approximate surface area is 193 Å². The van der Waals surface area contributed by atoms with Crippen molar-refractivity contribution in [2.24, 2.45) is 5.92 Å². The molecule has 0 unspecified atom stereocenters. The second kappa shape index (κ2) is 10.8. The number of fused-ring (bicyclic) bond motifs is 1. The third-order valence-corrected chi connectivity index (χ3v) is 5.90. The maximum atomic E-state index is 12.1. The zero-order valence-corrected chi connectivity index (χ0v) is 19.0. The Morgan fingerprint density at radius 1 is 1.00 bits per heavy atom. The molecule has 0 radical (unpaired) electrons. The van der Waals surface area contributed by atoms with Gasteiger partial charge in [0.05, 0.1) is 31.7 Å². The fourth-order valence-corrected chi connectivity index (χ4v) is 4.11. The van der Waals surface area contributed by atoms with Crippen molar-refractivity contribution >= 4 is 22.7 Å². The summed E-state index contributed by atoms with van der Waals surface area (Å²) in [7, 11) is 3.14. The van der Waals surface area contributed by atoms with Crippen LogP contribution in [0.25, 0.3) is 10.9 Å². The Morgan fingerprint density at radius 3 is 2.45 bits per heavy atom. The van der Waals surface area contributed by atoms with Crippen LogP contribution in [0.15, 0.2) is 42.7 Å². The maximum Gasteiger partial charge on any atom is 0.411 e. The Bertz CT molecular complexity index is 1080. The number of hydrogen-bond donors (Lipinski definition) is 1. The summed E-state index contributed by atoms with van der Waals surface area (Å²) in [5.41, 5.74) is 1.30. The van der Waals surface area contributed by atoms with E-state index in [1.54, 1.807) is 50.6 Å². The Balaban J connectivity index is 1.35. The number of carbonyl (C=O) groups excluding carboxylic acids is 1. The quantitative estimate of drug-likeness (QED) is 0.452. The van der Waals surface area contributed by atoms with E-state index < -0.39 is 6.09 Å². The molecule has 1 N–H and O–H groups in total. The Hall–Kier alpha value is -3.55. The lowest BCUT2D eigenvalue weighted by Crippen LogP contribution is -2.16. The largest absolute Gasteiger partial charge is 0.493 e. The SMILES string of the molecule is COc1cc2ncnc(Oc3ccc(NC(=O)OCCC4CCCCC4)cc3)c2cc1OC. The van der Waals surface area contributed by atoms with Gasteiger partial charge >= 0.3 is 6.09 Å². The minimum atomic E-state index is -0.442. The summed E-state index contributed by atoms with van der Waals surface area (Å²) in [6.07, 6.45) is 8.32. The third kappa shape index (κ3) is 5.83. The van der Waals surface area contributed by atoms with Gasteiger partial charge in [0, 0.05) is 11.8 Å². The molecule has 0 bridgehead atoms. The molecule has 174 valence electrons. The minimum absolute atomic E-state index is 0.392. The summed E-state index contributed by atoms with van der Waals surface area (Å²) in [6, 6.07) is 10.6. The van der Waals surface area contributed by atoms with Gasteiger partial charge in [-0.15, -0.1) is 0 Å². The predicted octanol–water partition coefficient (Wildman–Crippen LogP) is 5.96. The van der Waals surface area contributed by atoms with E-state index in [9.17, 15) is 4.79 Å². The Kier molecular flexibility index (Phi) is 7.44. The van der Waals surface area contributed by atoms with E-state index in [0.29, 0.717) is 52.2 Å². The van der Waals surface area contributed by atoms with Crippen LogP contribution >= 0.6 is 0 Å². The molecule has 1 aliphatic rings. The van der Waals surface area contributed by atoms with Crippen LogP contribution in [-0.4, -0.2) is 36.9 Å². The molecule has 1 fully saturated rings. The number of nitrogens with one attached hydrogen (secondary N) is 1. The first kappa shape index (κ1) is 22.6. The van der Waals surface area contributed by atoms with Gasteiger partial charge in [-0.05, 0) is 42.7 Å². The smallest absolute Gasteiger partial charge is 0.411 e. The number of rotatable bonds is 8. The number of ether oxygens (including phenoxy) is 4. The average molecular weight is 452 g/mol. The molecule has 0 saturated heterocycles. The highest BCUT2D eigenvalue weighted by Gasteiger charge is 2.15. The molecule has 4 rings (SSSR count). The lowest BCUT2D eigenvalue weighted by atomic mass is 9.87. The van der Waals surface area contributed by atoms with Gasteiger partial charge in [0.15, 0.2) is 11.5 Å². The molecule has 1 saturated carbocycles. The summed E-state index contributed by atoms with van der Waals surface area (Å²) in [6.45, 7) is 0.451. The van der Waals surface area contributed by atoms with Crippen molar-refractivity contribution in [2.45, 2.75) is 38.5 Å². The number of nitrogens with zero attached hydrogens (tertiary/aromatic N) is 2. The molecule has 0 aliphatic heterocycles. The zero-order valence-electron chi connectivity index (χ0n) is 19.0. The molecular formula is C25H29N3O5. The van der Waals surface area contributed by atoms with Gasteiger partial charge in [-0.1, -0.05) is 32.1 Å². The first-order valence-corrected chi connectivity index (χ1v) is 11.2. The number of carbonyl (C=O) groups is 1. The summed E-state index contributed by atoms with van der Waals surface area (Å²) >= 11 is 0. The van der Waals surface area contributed by atoms with Crippen LogP contribution in [0.2, 0.25) is 0 Å². The van der Waals surface area contributed by atoms with Gasteiger partial charge in [0.25, 0.3) is 0 Å². The van der Waals surface area contributed by atoms with Gasteiger partial charge < -0.3 is 18.9 Å². The van der Waals surface area contributed by atoms with E-state index in [-0.39, 0.29) is 0 Å². The molecule has 3 aromatic rings. The highest BCUT2D eigenvalue weighted by Crippen LogP contribution is 2.35. The van der Waals surface area contributed by atoms with E-state index in [1.165, 1.54) is 38.4 Å². The van der Waals surface area contributed by atoms with Crippen molar-refractivity contribution in [2.75, 3.05) is 26.1 Å². The second-order valence-electron chi connectivity index (χ2n) is 8.08. The van der Waals surface area contributed by atoms with Crippen molar-refractivity contribution in [1.82, 2.24) is 9.97 Å². The van der Waals surface area contributed by atoms with Gasteiger partial charge in [0.1, 0.15) is 12.1 Å². The average Bonchev–Trinajstić information content (AvgIpc) is 2.85. The van der Waals surface area contributed by atoms with Crippen LogP contribution in [0.3, 0.4) is 0 Å². The number of benzene rings is 2. The highest BCUT2D eigenvalue weighted by molar-refractivity contribution is 5.87. The molecule has 1 aliphatic carbocycles. The summed E-state index contributed by atoms with van der Waals surface area (Å²) in [5, 5.41) is 3.45. The molecule has 1 aromatic heterocycles. The van der Waals surface area contributed by atoms with Crippen molar-refractivity contribution < 1.29 is 23.7 Å². The van der Waals surface area contributed by atoms with Crippen LogP contribution < -0.4 is 19.5 Å². The molecule has 0 atom stereocenters. The van der Waals surface area contributed by atoms with Crippen LogP contribution in [0.5, 0.6) is 23.1 Å². The number of hydrogen-bond acceptors (Lipinski definition) is 7. The van der Waals surface area contributed by atoms with Gasteiger partial charge in [-0.2, -0.15) is 0 Å². The third-order valence-electron chi connectivity index (χ3n) is 5.90. The number of aromatic nitrogens is 2. The molecule has 0 spiro atoms. The number of anilines is 1. The first-order chi connectivity index (χ1) is 16.2. The molecule has 33 heavy (non-hydrogen) atoms. The normalized spacial score (nSPS) is 14.0. The summed E-state index contributed by atoms with van der Waals surface area (Å²) < 4.78 is 22.0. The first-order valence-electron chi connectivity index (χ1n) is 11.2. The predicted molar refractivity (Wildman–Crippen MR) is 125 cm³/mol. The van der Waals surface area contributed by atoms with Gasteiger partial charge in [0.2, 0.25) is 5.88 Å². The summed E-state index contributed by atoms with van der Waals surface area (Å²) in [4.78, 5) is 20.6. The monoisotopic (exact) mass is 451 g/mol. The van der Waals surface area contributed by atoms with E-state index in [2.05, 4.69) is 15.3 Å². The van der Waals surface area contributed by atoms with Crippen LogP contribution in [0, 0.1) is 5.92 Å². The number of methoxy groups -OCH3 is 2. The van der Waals surface area contributed by atoms with E-state index in [0.717, 1.165) is 6.42 Å². The lowest BCUT2D eigenvalue weighted by molar-refractivity contribution is 0.148. The molecule has 1 heterocycles. The molecular weight excluding hydrogens is 422 g/mol. The maximum absolute atomic E-state index is 12.1. The van der Waals surface area contributed by atoms with Crippen molar-refractivity contribution in [3.8, 4) is 23.1 Å². The molecule has 8 heteroatoms. The minimum Gasteiger partial charge on any atom is -0.493 e. The van der Waals surface area contributed by atoms with Crippen molar-refractivity contribution in [1.29, 1.82) is 0 Å². The fourth-order valence-electron chi connectivity index (χ4n) is 4.11. The van der Waals surface area contributed by atoms with Gasteiger partial charge in [-0.3, -0.25) is 5.32 Å². The topological polar surface area (TPSA) is 91.8 Å². The zero-order chi connectivity index (χ0) is 23.0.